The third-order valence-electron chi connectivity index (χ3n) is 5.23. The van der Waals surface area contributed by atoms with E-state index in [4.69, 9.17) is 14.1 Å². The quantitative estimate of drug-likeness (QED) is 0.844. The molecule has 6 heteroatoms. The number of carbonyl (C=O) groups is 1. The molecule has 0 spiro atoms. The number of hydrogen-bond acceptors (Lipinski definition) is 5. The number of hydrogen-bond donors (Lipinski definition) is 1. The second-order valence-electron chi connectivity index (χ2n) is 7.27. The normalized spacial score (nSPS) is 17.3. The van der Waals surface area contributed by atoms with Gasteiger partial charge >= 0.3 is 0 Å². The van der Waals surface area contributed by atoms with Crippen molar-refractivity contribution in [3.8, 4) is 17.2 Å². The van der Waals surface area contributed by atoms with Crippen LogP contribution in [-0.4, -0.2) is 42.5 Å². The van der Waals surface area contributed by atoms with Crippen LogP contribution < -0.4 is 10.1 Å². The zero-order valence-corrected chi connectivity index (χ0v) is 16.9. The van der Waals surface area contributed by atoms with Crippen LogP contribution in [0.4, 0.5) is 0 Å². The van der Waals surface area contributed by atoms with Crippen LogP contribution >= 0.6 is 0 Å². The molecule has 146 valence electrons. The molecule has 0 radical (unpaired) electrons. The number of aromatic nitrogens is 1. The van der Waals surface area contributed by atoms with Crippen molar-refractivity contribution >= 4 is 5.91 Å². The van der Waals surface area contributed by atoms with Crippen LogP contribution in [0.25, 0.3) is 11.5 Å². The summed E-state index contributed by atoms with van der Waals surface area (Å²) in [5.74, 6) is 2.57. The maximum absolute atomic E-state index is 12.0. The first-order chi connectivity index (χ1) is 12.9. The molecule has 3 rings (SSSR count). The van der Waals surface area contributed by atoms with Crippen LogP contribution in [0.15, 0.2) is 16.5 Å². The van der Waals surface area contributed by atoms with Gasteiger partial charge in [0.2, 0.25) is 11.8 Å². The third-order valence-corrected chi connectivity index (χ3v) is 5.23. The van der Waals surface area contributed by atoms with Crippen molar-refractivity contribution in [2.45, 2.75) is 40.7 Å². The molecule has 1 amide bonds. The predicted molar refractivity (Wildman–Crippen MR) is 105 cm³/mol. The number of oxazole rings is 1. The van der Waals surface area contributed by atoms with E-state index >= 15 is 0 Å². The molecule has 2 aromatic rings. The van der Waals surface area contributed by atoms with Gasteiger partial charge in [0.1, 0.15) is 11.5 Å². The van der Waals surface area contributed by atoms with E-state index in [1.807, 2.05) is 33.8 Å². The minimum absolute atomic E-state index is 0.0723. The molecule has 1 N–H and O–H groups in total. The van der Waals surface area contributed by atoms with Gasteiger partial charge in [-0.25, -0.2) is 4.98 Å². The molecule has 0 unspecified atom stereocenters. The fraction of sp³-hybridized carbons (Fsp3) is 0.524. The highest BCUT2D eigenvalue weighted by Gasteiger charge is 2.29. The van der Waals surface area contributed by atoms with E-state index in [1.54, 1.807) is 7.11 Å². The topological polar surface area (TPSA) is 67.6 Å². The van der Waals surface area contributed by atoms with Gasteiger partial charge in [0, 0.05) is 25.2 Å². The minimum Gasteiger partial charge on any atom is -0.496 e. The number of nitrogens with zero attached hydrogens (tertiary/aromatic N) is 2. The second-order valence-corrected chi connectivity index (χ2v) is 7.27. The van der Waals surface area contributed by atoms with Crippen LogP contribution in [0.2, 0.25) is 0 Å². The van der Waals surface area contributed by atoms with Crippen LogP contribution in [0.3, 0.4) is 0 Å². The number of nitrogens with one attached hydrogen (secondary N) is 1. The first-order valence-electron chi connectivity index (χ1n) is 9.54. The summed E-state index contributed by atoms with van der Waals surface area (Å²) in [4.78, 5) is 19.1. The van der Waals surface area contributed by atoms with E-state index in [0.717, 1.165) is 53.4 Å². The van der Waals surface area contributed by atoms with Gasteiger partial charge in [-0.05, 0) is 63.9 Å². The van der Waals surface area contributed by atoms with Gasteiger partial charge in [0.25, 0.3) is 0 Å². The number of benzene rings is 1. The fourth-order valence-electron chi connectivity index (χ4n) is 3.65. The SMILES string of the molecule is CCNC(=O)[C@@H]1CCN(Cc2nc(-c3cc(C)c(OC)cc3C)oc2C)C1. The molecule has 0 aliphatic carbocycles. The van der Waals surface area contributed by atoms with E-state index in [2.05, 4.69) is 16.3 Å². The Morgan fingerprint density at radius 1 is 1.33 bits per heavy atom. The largest absolute Gasteiger partial charge is 0.496 e. The highest BCUT2D eigenvalue weighted by Crippen LogP contribution is 2.31. The average Bonchev–Trinajstić information content (AvgIpc) is 3.24. The Morgan fingerprint density at radius 2 is 2.11 bits per heavy atom. The standard InChI is InChI=1S/C21H29N3O3/c1-6-22-20(25)16-7-8-24(11-16)12-18-15(4)27-21(23-18)17-9-14(3)19(26-5)10-13(17)2/h9-10,16H,6-8,11-12H2,1-5H3,(H,22,25)/t16-/m1/s1. The molecular formula is C21H29N3O3. The Morgan fingerprint density at radius 3 is 2.81 bits per heavy atom. The van der Waals surface area contributed by atoms with Crippen molar-refractivity contribution in [1.82, 2.24) is 15.2 Å². The molecule has 6 nitrogen and oxygen atoms in total. The van der Waals surface area contributed by atoms with E-state index in [0.29, 0.717) is 19.0 Å². The number of amides is 1. The lowest BCUT2D eigenvalue weighted by Crippen LogP contribution is -2.32. The molecule has 1 aromatic heterocycles. The summed E-state index contributed by atoms with van der Waals surface area (Å²) >= 11 is 0. The number of aryl methyl sites for hydroxylation is 3. The summed E-state index contributed by atoms with van der Waals surface area (Å²) in [6.45, 7) is 11.0. The Bertz CT molecular complexity index is 828. The first kappa shape index (κ1) is 19.4. The van der Waals surface area contributed by atoms with Crippen molar-refractivity contribution in [3.63, 3.8) is 0 Å². The fourth-order valence-corrected chi connectivity index (χ4v) is 3.65. The lowest BCUT2D eigenvalue weighted by Gasteiger charge is -2.14. The van der Waals surface area contributed by atoms with Gasteiger partial charge in [-0.1, -0.05) is 0 Å². The number of rotatable bonds is 6. The van der Waals surface area contributed by atoms with Gasteiger partial charge in [-0.3, -0.25) is 9.69 Å². The summed E-state index contributed by atoms with van der Waals surface area (Å²) in [6.07, 6.45) is 0.895. The van der Waals surface area contributed by atoms with Crippen LogP contribution in [-0.2, 0) is 11.3 Å². The van der Waals surface area contributed by atoms with E-state index in [1.165, 1.54) is 0 Å². The number of carbonyl (C=O) groups excluding carboxylic acids is 1. The van der Waals surface area contributed by atoms with Gasteiger partial charge in [-0.2, -0.15) is 0 Å². The molecular weight excluding hydrogens is 342 g/mol. The van der Waals surface area contributed by atoms with Crippen molar-refractivity contribution in [3.05, 3.63) is 34.7 Å². The molecule has 27 heavy (non-hydrogen) atoms. The summed E-state index contributed by atoms with van der Waals surface area (Å²) < 4.78 is 11.4. The zero-order valence-electron chi connectivity index (χ0n) is 16.9. The van der Waals surface area contributed by atoms with Crippen LogP contribution in [0.1, 0.15) is 35.9 Å². The predicted octanol–water partition coefficient (Wildman–Crippen LogP) is 3.23. The molecule has 1 aliphatic heterocycles. The average molecular weight is 371 g/mol. The molecule has 1 atom stereocenters. The molecule has 1 fully saturated rings. The smallest absolute Gasteiger partial charge is 0.226 e. The Hall–Kier alpha value is -2.34. The van der Waals surface area contributed by atoms with Gasteiger partial charge in [0.15, 0.2) is 0 Å². The number of likely N-dealkylation sites (tertiary alicyclic amines) is 1. The van der Waals surface area contributed by atoms with Crippen molar-refractivity contribution in [1.29, 1.82) is 0 Å². The highest BCUT2D eigenvalue weighted by molar-refractivity contribution is 5.79. The van der Waals surface area contributed by atoms with E-state index in [9.17, 15) is 4.79 Å². The highest BCUT2D eigenvalue weighted by atomic mass is 16.5. The third kappa shape index (κ3) is 4.16. The maximum Gasteiger partial charge on any atom is 0.226 e. The molecule has 0 saturated carbocycles. The molecule has 2 heterocycles. The van der Waals surface area contributed by atoms with Crippen molar-refractivity contribution < 1.29 is 13.9 Å². The zero-order chi connectivity index (χ0) is 19.6. The van der Waals surface area contributed by atoms with Crippen LogP contribution in [0.5, 0.6) is 5.75 Å². The molecule has 1 saturated heterocycles. The van der Waals surface area contributed by atoms with E-state index < -0.39 is 0 Å². The number of ether oxygens (including phenoxy) is 1. The molecule has 1 aliphatic rings. The summed E-state index contributed by atoms with van der Waals surface area (Å²) in [7, 11) is 1.68. The minimum atomic E-state index is 0.0723. The Labute approximate surface area is 160 Å². The molecule has 1 aromatic carbocycles. The summed E-state index contributed by atoms with van der Waals surface area (Å²) in [5, 5.41) is 2.92. The first-order valence-corrected chi connectivity index (χ1v) is 9.54. The lowest BCUT2D eigenvalue weighted by molar-refractivity contribution is -0.124. The van der Waals surface area contributed by atoms with Gasteiger partial charge in [0.05, 0.1) is 18.7 Å². The van der Waals surface area contributed by atoms with Gasteiger partial charge in [-0.15, -0.1) is 0 Å². The monoisotopic (exact) mass is 371 g/mol. The van der Waals surface area contributed by atoms with Crippen LogP contribution in [0, 0.1) is 26.7 Å². The second kappa shape index (κ2) is 8.13. The lowest BCUT2D eigenvalue weighted by atomic mass is 10.0. The van der Waals surface area contributed by atoms with Crippen molar-refractivity contribution in [2.75, 3.05) is 26.7 Å². The Balaban J connectivity index is 1.74. The number of methoxy groups -OCH3 is 1. The van der Waals surface area contributed by atoms with E-state index in [-0.39, 0.29) is 11.8 Å². The maximum atomic E-state index is 12.0. The summed E-state index contributed by atoms with van der Waals surface area (Å²) in [6, 6.07) is 4.07. The van der Waals surface area contributed by atoms with Crippen molar-refractivity contribution in [2.24, 2.45) is 5.92 Å². The Kier molecular flexibility index (Phi) is 5.85. The summed E-state index contributed by atoms with van der Waals surface area (Å²) in [5.41, 5.74) is 4.06. The molecule has 0 bridgehead atoms. The van der Waals surface area contributed by atoms with Gasteiger partial charge < -0.3 is 14.5 Å².